The molecule has 54 valence electrons. The molecule has 0 radical (unpaired) electrons. The molecule has 0 unspecified atom stereocenters. The van der Waals surface area contributed by atoms with Gasteiger partial charge in [0.15, 0.2) is 0 Å². The minimum absolute atomic E-state index is 0.701. The summed E-state index contributed by atoms with van der Waals surface area (Å²) in [6, 6.07) is 0.701. The largest absolute Gasteiger partial charge is 0.314 e. The lowest BCUT2D eigenvalue weighted by Gasteiger charge is -2.11. The standard InChI is InChI=1S/C8H18N/c1-4-7-8(5-2)9-6-3/h8-9H,1,4-7H2,2-3H3/q+1/t8-/m0/s1. The monoisotopic (exact) mass is 128 g/mol. The Morgan fingerprint density at radius 3 is 2.44 bits per heavy atom. The van der Waals surface area contributed by atoms with Gasteiger partial charge in [0.1, 0.15) is 0 Å². The zero-order valence-corrected chi connectivity index (χ0v) is 6.61. The second kappa shape index (κ2) is 5.96. The van der Waals surface area contributed by atoms with E-state index >= 15 is 0 Å². The molecule has 0 aromatic carbocycles. The van der Waals surface area contributed by atoms with Gasteiger partial charge in [0, 0.05) is 12.5 Å². The minimum atomic E-state index is 0.701. The Balaban J connectivity index is 3.18. The van der Waals surface area contributed by atoms with Gasteiger partial charge in [-0.2, -0.15) is 0 Å². The van der Waals surface area contributed by atoms with Crippen LogP contribution in [-0.2, 0) is 0 Å². The van der Waals surface area contributed by atoms with Crippen molar-refractivity contribution in [1.82, 2.24) is 5.32 Å². The van der Waals surface area contributed by atoms with E-state index in [9.17, 15) is 0 Å². The van der Waals surface area contributed by atoms with Gasteiger partial charge in [-0.3, -0.25) is 0 Å². The summed E-state index contributed by atoms with van der Waals surface area (Å²) in [6.45, 7) is 9.25. The van der Waals surface area contributed by atoms with Gasteiger partial charge in [-0.15, -0.1) is 0 Å². The van der Waals surface area contributed by atoms with E-state index in [1.54, 1.807) is 0 Å². The molecule has 0 bridgehead atoms. The molecule has 0 aliphatic heterocycles. The van der Waals surface area contributed by atoms with Crippen LogP contribution in [-0.4, -0.2) is 12.6 Å². The number of rotatable bonds is 5. The normalized spacial score (nSPS) is 13.6. The van der Waals surface area contributed by atoms with E-state index in [-0.39, 0.29) is 0 Å². The Kier molecular flexibility index (Phi) is 5.85. The van der Waals surface area contributed by atoms with Crippen LogP contribution in [0.25, 0.3) is 0 Å². The maximum Gasteiger partial charge on any atom is 0.0865 e. The van der Waals surface area contributed by atoms with E-state index in [1.165, 1.54) is 12.8 Å². The van der Waals surface area contributed by atoms with Gasteiger partial charge >= 0.3 is 0 Å². The molecule has 1 heteroatoms. The predicted molar refractivity (Wildman–Crippen MR) is 42.3 cm³/mol. The molecule has 1 N–H and O–H groups in total. The van der Waals surface area contributed by atoms with E-state index in [0.29, 0.717) is 6.04 Å². The highest BCUT2D eigenvalue weighted by molar-refractivity contribution is 4.63. The molecule has 0 aliphatic rings. The van der Waals surface area contributed by atoms with Crippen molar-refractivity contribution in [3.63, 3.8) is 0 Å². The predicted octanol–water partition coefficient (Wildman–Crippen LogP) is 1.99. The molecule has 0 spiro atoms. The van der Waals surface area contributed by atoms with Gasteiger partial charge < -0.3 is 5.32 Å². The molecule has 0 fully saturated rings. The van der Waals surface area contributed by atoms with Crippen LogP contribution in [0.4, 0.5) is 0 Å². The lowest BCUT2D eigenvalue weighted by molar-refractivity contribution is 0.484. The summed E-state index contributed by atoms with van der Waals surface area (Å²) in [5.74, 6) is 0. The van der Waals surface area contributed by atoms with Crippen molar-refractivity contribution < 1.29 is 0 Å². The molecule has 1 atom stereocenters. The Bertz CT molecular complexity index is 46.5. The maximum atomic E-state index is 3.82. The molecular weight excluding hydrogens is 110 g/mol. The van der Waals surface area contributed by atoms with E-state index in [4.69, 9.17) is 0 Å². The smallest absolute Gasteiger partial charge is 0.0865 e. The van der Waals surface area contributed by atoms with Crippen molar-refractivity contribution in [2.75, 3.05) is 6.54 Å². The van der Waals surface area contributed by atoms with Crippen molar-refractivity contribution in [2.24, 2.45) is 0 Å². The summed E-state index contributed by atoms with van der Waals surface area (Å²) in [7, 11) is 0. The zero-order chi connectivity index (χ0) is 7.11. The van der Waals surface area contributed by atoms with Gasteiger partial charge in [0.25, 0.3) is 0 Å². The van der Waals surface area contributed by atoms with Gasteiger partial charge in [0.2, 0.25) is 0 Å². The first kappa shape index (κ1) is 8.83. The van der Waals surface area contributed by atoms with Crippen molar-refractivity contribution in [3.8, 4) is 0 Å². The molecule has 0 aromatic rings. The summed E-state index contributed by atoms with van der Waals surface area (Å²) in [5, 5.41) is 3.39. The van der Waals surface area contributed by atoms with Crippen LogP contribution in [0.1, 0.15) is 33.1 Å². The Hall–Kier alpha value is -0.170. The van der Waals surface area contributed by atoms with Gasteiger partial charge in [-0.25, -0.2) is 0 Å². The minimum Gasteiger partial charge on any atom is -0.314 e. The summed E-state index contributed by atoms with van der Waals surface area (Å²) in [5.41, 5.74) is 0. The zero-order valence-electron chi connectivity index (χ0n) is 6.61. The number of nitrogens with one attached hydrogen (secondary N) is 1. The third-order valence-corrected chi connectivity index (χ3v) is 1.54. The van der Waals surface area contributed by atoms with Crippen LogP contribution >= 0.6 is 0 Å². The SMILES string of the molecule is [CH2+]CC[C@H](CC)NCC. The average molecular weight is 128 g/mol. The van der Waals surface area contributed by atoms with Crippen molar-refractivity contribution in [3.05, 3.63) is 6.92 Å². The van der Waals surface area contributed by atoms with Crippen LogP contribution in [0, 0.1) is 6.92 Å². The lowest BCUT2D eigenvalue weighted by Crippen LogP contribution is -2.27. The third kappa shape index (κ3) is 4.34. The molecule has 1 nitrogen and oxygen atoms in total. The molecule has 0 saturated heterocycles. The van der Waals surface area contributed by atoms with Gasteiger partial charge in [-0.1, -0.05) is 13.8 Å². The molecule has 0 amide bonds. The quantitative estimate of drug-likeness (QED) is 0.558. The van der Waals surface area contributed by atoms with E-state index < -0.39 is 0 Å². The number of hydrogen-bond donors (Lipinski definition) is 1. The highest BCUT2D eigenvalue weighted by Gasteiger charge is 2.02. The van der Waals surface area contributed by atoms with Crippen LogP contribution in [0.3, 0.4) is 0 Å². The molecular formula is C8H18N+. The Morgan fingerprint density at radius 1 is 1.44 bits per heavy atom. The Morgan fingerprint density at radius 2 is 2.11 bits per heavy atom. The Labute approximate surface area is 58.8 Å². The van der Waals surface area contributed by atoms with E-state index in [2.05, 4.69) is 26.1 Å². The highest BCUT2D eigenvalue weighted by atomic mass is 14.9. The fourth-order valence-electron chi connectivity index (χ4n) is 0.986. The molecule has 0 aliphatic carbocycles. The molecule has 0 rings (SSSR count). The van der Waals surface area contributed by atoms with Crippen LogP contribution in [0.2, 0.25) is 0 Å². The summed E-state index contributed by atoms with van der Waals surface area (Å²) < 4.78 is 0. The highest BCUT2D eigenvalue weighted by Crippen LogP contribution is 1.99. The number of hydrogen-bond acceptors (Lipinski definition) is 1. The van der Waals surface area contributed by atoms with Crippen molar-refractivity contribution in [1.29, 1.82) is 0 Å². The van der Waals surface area contributed by atoms with E-state index in [1.807, 2.05) is 0 Å². The summed E-state index contributed by atoms with van der Waals surface area (Å²) in [6.07, 6.45) is 3.49. The molecule has 0 saturated carbocycles. The van der Waals surface area contributed by atoms with Crippen molar-refractivity contribution in [2.45, 2.75) is 39.2 Å². The van der Waals surface area contributed by atoms with Crippen molar-refractivity contribution >= 4 is 0 Å². The maximum absolute atomic E-state index is 3.82. The topological polar surface area (TPSA) is 12.0 Å². The van der Waals surface area contributed by atoms with Crippen LogP contribution in [0.15, 0.2) is 0 Å². The molecule has 0 heterocycles. The second-order valence-corrected chi connectivity index (χ2v) is 2.31. The first-order chi connectivity index (χ1) is 4.35. The van der Waals surface area contributed by atoms with Crippen LogP contribution < -0.4 is 5.32 Å². The average Bonchev–Trinajstić information content (AvgIpc) is 1.88. The van der Waals surface area contributed by atoms with E-state index in [0.717, 1.165) is 13.0 Å². The molecule has 9 heavy (non-hydrogen) atoms. The third-order valence-electron chi connectivity index (χ3n) is 1.54. The lowest BCUT2D eigenvalue weighted by atomic mass is 10.1. The first-order valence-electron chi connectivity index (χ1n) is 3.87. The van der Waals surface area contributed by atoms with Gasteiger partial charge in [-0.05, 0) is 13.0 Å². The van der Waals surface area contributed by atoms with Gasteiger partial charge in [0.05, 0.1) is 13.3 Å². The summed E-state index contributed by atoms with van der Waals surface area (Å²) >= 11 is 0. The first-order valence-corrected chi connectivity index (χ1v) is 3.87. The molecule has 0 aromatic heterocycles. The summed E-state index contributed by atoms with van der Waals surface area (Å²) in [4.78, 5) is 0. The second-order valence-electron chi connectivity index (χ2n) is 2.31. The fraction of sp³-hybridized carbons (Fsp3) is 0.875. The fourth-order valence-corrected chi connectivity index (χ4v) is 0.986. The van der Waals surface area contributed by atoms with Crippen LogP contribution in [0.5, 0.6) is 0 Å².